The fourth-order valence-electron chi connectivity index (χ4n) is 6.80. The summed E-state index contributed by atoms with van der Waals surface area (Å²) in [6, 6.07) is 31.3. The van der Waals surface area contributed by atoms with Gasteiger partial charge in [0.2, 0.25) is 11.8 Å². The first kappa shape index (κ1) is 43.3. The van der Waals surface area contributed by atoms with Gasteiger partial charge in [0.25, 0.3) is 11.8 Å². The molecular formula is C45H52N8O7. The van der Waals surface area contributed by atoms with Gasteiger partial charge in [-0.3, -0.25) is 19.2 Å². The Hall–Kier alpha value is -6.26. The van der Waals surface area contributed by atoms with Crippen molar-refractivity contribution in [3.05, 3.63) is 132 Å². The third kappa shape index (κ3) is 12.6. The number of amides is 4. The van der Waals surface area contributed by atoms with E-state index in [1.165, 1.54) is 0 Å². The zero-order valence-corrected chi connectivity index (χ0v) is 33.6. The number of carbonyl (C=O) groups is 4. The van der Waals surface area contributed by atoms with Crippen molar-refractivity contribution in [2.45, 2.75) is 44.8 Å². The van der Waals surface area contributed by atoms with Crippen molar-refractivity contribution in [2.75, 3.05) is 62.9 Å². The van der Waals surface area contributed by atoms with E-state index in [0.29, 0.717) is 100 Å². The van der Waals surface area contributed by atoms with Crippen LogP contribution in [0.5, 0.6) is 0 Å². The number of carbonyl (C=O) groups excluding carboxylic acids is 4. The number of hydrogen-bond acceptors (Lipinski definition) is 10. The van der Waals surface area contributed by atoms with Crippen LogP contribution in [0.4, 0.5) is 11.4 Å². The Morgan fingerprint density at radius 3 is 2.22 bits per heavy atom. The van der Waals surface area contributed by atoms with Crippen molar-refractivity contribution in [1.82, 2.24) is 25.6 Å². The average Bonchev–Trinajstić information content (AvgIpc) is 3.66. The van der Waals surface area contributed by atoms with Crippen molar-refractivity contribution in [1.29, 1.82) is 0 Å². The molecule has 1 unspecified atom stereocenters. The van der Waals surface area contributed by atoms with Gasteiger partial charge >= 0.3 is 0 Å². The lowest BCUT2D eigenvalue weighted by Gasteiger charge is -2.24. The number of hydrogen-bond donors (Lipinski definition) is 4. The molecular weight excluding hydrogens is 765 g/mol. The van der Waals surface area contributed by atoms with Crippen molar-refractivity contribution >= 4 is 35.0 Å². The molecule has 314 valence electrons. The lowest BCUT2D eigenvalue weighted by molar-refractivity contribution is -0.127. The van der Waals surface area contributed by atoms with Gasteiger partial charge in [0.05, 0.1) is 65.0 Å². The Labute approximate surface area is 349 Å². The summed E-state index contributed by atoms with van der Waals surface area (Å²) in [6.07, 6.45) is 3.01. The smallest absolute Gasteiger partial charge is 0.258 e. The molecule has 2 heterocycles. The molecule has 0 radical (unpaired) electrons. The van der Waals surface area contributed by atoms with E-state index in [-0.39, 0.29) is 49.1 Å². The third-order valence-corrected chi connectivity index (χ3v) is 9.81. The van der Waals surface area contributed by atoms with Gasteiger partial charge in [0, 0.05) is 48.4 Å². The highest BCUT2D eigenvalue weighted by atomic mass is 16.5. The van der Waals surface area contributed by atoms with Crippen LogP contribution >= 0.6 is 0 Å². The van der Waals surface area contributed by atoms with Crippen LogP contribution in [0.1, 0.15) is 63.7 Å². The second kappa shape index (κ2) is 22.8. The normalized spacial score (nSPS) is 13.6. The fraction of sp³-hybridized carbons (Fsp3) is 0.333. The number of nitrogens with two attached hydrogens (primary N) is 1. The summed E-state index contributed by atoms with van der Waals surface area (Å²) in [6.45, 7) is 4.46. The van der Waals surface area contributed by atoms with Crippen molar-refractivity contribution < 1.29 is 33.4 Å². The van der Waals surface area contributed by atoms with Gasteiger partial charge in [-0.25, -0.2) is 4.68 Å². The number of para-hydroxylation sites is 1. The molecule has 1 atom stereocenters. The highest BCUT2D eigenvalue weighted by Gasteiger charge is 2.28. The van der Waals surface area contributed by atoms with Crippen molar-refractivity contribution in [3.8, 4) is 11.1 Å². The molecule has 0 saturated carbocycles. The molecule has 1 aliphatic rings. The first-order valence-electron chi connectivity index (χ1n) is 20.2. The number of nitrogens with zero attached hydrogens (tertiary/aromatic N) is 4. The van der Waals surface area contributed by atoms with Crippen LogP contribution in [0, 0.1) is 0 Å². The first-order chi connectivity index (χ1) is 29.4. The van der Waals surface area contributed by atoms with E-state index in [9.17, 15) is 19.2 Å². The van der Waals surface area contributed by atoms with Crippen LogP contribution in [-0.4, -0.2) is 91.4 Å². The van der Waals surface area contributed by atoms with E-state index in [1.54, 1.807) is 46.1 Å². The standard InChI is InChI=1S/C45H52N8O7/c46-22-25-58-27-29-60-30-28-59-26-24-52-32-36(50-51-52)31-47-42(54)20-21-43(55)49-40-14-8-23-53(41-15-7-6-13-39(40)41)45(57)34-16-18-35(19-17-34)48-44(56)38-12-5-4-11-37(38)33-9-2-1-3-10-33/h1-7,9-13,15-19,32,40H,8,14,20-31,46H2,(H,47,54)(H,48,56)(H,49,55). The number of rotatable bonds is 21. The average molecular weight is 817 g/mol. The summed E-state index contributed by atoms with van der Waals surface area (Å²) in [5, 5.41) is 17.0. The van der Waals surface area contributed by atoms with E-state index in [4.69, 9.17) is 19.9 Å². The van der Waals surface area contributed by atoms with E-state index < -0.39 is 0 Å². The third-order valence-electron chi connectivity index (χ3n) is 9.81. The lowest BCUT2D eigenvalue weighted by atomic mass is 9.99. The molecule has 15 nitrogen and oxygen atoms in total. The summed E-state index contributed by atoms with van der Waals surface area (Å²) in [7, 11) is 0. The maximum absolute atomic E-state index is 13.9. The molecule has 60 heavy (non-hydrogen) atoms. The Morgan fingerprint density at radius 2 is 1.43 bits per heavy atom. The highest BCUT2D eigenvalue weighted by molar-refractivity contribution is 6.10. The van der Waals surface area contributed by atoms with Gasteiger partial charge in [0.1, 0.15) is 5.69 Å². The number of nitrogens with one attached hydrogen (secondary N) is 3. The van der Waals surface area contributed by atoms with Crippen LogP contribution < -0.4 is 26.6 Å². The minimum Gasteiger partial charge on any atom is -0.378 e. The van der Waals surface area contributed by atoms with Gasteiger partial charge in [0.15, 0.2) is 0 Å². The van der Waals surface area contributed by atoms with E-state index in [2.05, 4.69) is 26.3 Å². The van der Waals surface area contributed by atoms with Gasteiger partial charge in [-0.15, -0.1) is 5.10 Å². The van der Waals surface area contributed by atoms with Gasteiger partial charge in [-0.1, -0.05) is 71.9 Å². The molecule has 0 aliphatic carbocycles. The summed E-state index contributed by atoms with van der Waals surface area (Å²) in [5.41, 5.74) is 10.9. The largest absolute Gasteiger partial charge is 0.378 e. The van der Waals surface area contributed by atoms with Crippen molar-refractivity contribution in [2.24, 2.45) is 5.73 Å². The summed E-state index contributed by atoms with van der Waals surface area (Å²) < 4.78 is 17.9. The predicted molar refractivity (Wildman–Crippen MR) is 227 cm³/mol. The zero-order valence-electron chi connectivity index (χ0n) is 33.6. The number of ether oxygens (including phenoxy) is 3. The second-order valence-electron chi connectivity index (χ2n) is 14.1. The van der Waals surface area contributed by atoms with Crippen LogP contribution in [0.15, 0.2) is 109 Å². The van der Waals surface area contributed by atoms with Crippen LogP contribution in [-0.2, 0) is 36.9 Å². The number of aromatic nitrogens is 3. The Morgan fingerprint density at radius 1 is 0.750 bits per heavy atom. The van der Waals surface area contributed by atoms with Crippen LogP contribution in [0.25, 0.3) is 11.1 Å². The first-order valence-corrected chi connectivity index (χ1v) is 20.2. The molecule has 0 bridgehead atoms. The molecule has 5 aromatic rings. The van der Waals surface area contributed by atoms with Gasteiger partial charge in [-0.2, -0.15) is 0 Å². The van der Waals surface area contributed by atoms with E-state index in [1.807, 2.05) is 72.8 Å². The predicted octanol–water partition coefficient (Wildman–Crippen LogP) is 4.90. The Balaban J connectivity index is 0.944. The monoisotopic (exact) mass is 816 g/mol. The van der Waals surface area contributed by atoms with Crippen LogP contribution in [0.3, 0.4) is 0 Å². The van der Waals surface area contributed by atoms with Crippen LogP contribution in [0.2, 0.25) is 0 Å². The summed E-state index contributed by atoms with van der Waals surface area (Å²) in [4.78, 5) is 54.8. The molecule has 0 fully saturated rings. The maximum Gasteiger partial charge on any atom is 0.258 e. The Bertz CT molecular complexity index is 2160. The minimum absolute atomic E-state index is 0.00232. The number of fused-ring (bicyclic) bond motifs is 1. The molecule has 15 heteroatoms. The molecule has 6 rings (SSSR count). The molecule has 1 aliphatic heterocycles. The number of benzene rings is 4. The fourth-order valence-corrected chi connectivity index (χ4v) is 6.80. The second-order valence-corrected chi connectivity index (χ2v) is 14.1. The minimum atomic E-state index is -0.335. The van der Waals surface area contributed by atoms with Gasteiger partial charge in [-0.05, 0) is 65.9 Å². The van der Waals surface area contributed by atoms with Gasteiger partial charge < -0.3 is 40.8 Å². The zero-order chi connectivity index (χ0) is 41.9. The topological polar surface area (TPSA) is 192 Å². The summed E-state index contributed by atoms with van der Waals surface area (Å²) in [5.74, 6) is -0.973. The molecule has 4 amide bonds. The molecule has 1 aromatic heterocycles. The molecule has 0 spiro atoms. The summed E-state index contributed by atoms with van der Waals surface area (Å²) >= 11 is 0. The lowest BCUT2D eigenvalue weighted by Crippen LogP contribution is -2.32. The SMILES string of the molecule is NCCOCCOCCOCCn1cc(CNC(=O)CCC(=O)NC2CCCN(C(=O)c3ccc(NC(=O)c4ccccc4-c4ccccc4)cc3)c3ccccc32)nn1. The molecule has 5 N–H and O–H groups in total. The maximum atomic E-state index is 13.9. The quantitative estimate of drug-likeness (QED) is 0.0741. The van der Waals surface area contributed by atoms with Crippen molar-refractivity contribution in [3.63, 3.8) is 0 Å². The molecule has 0 saturated heterocycles. The highest BCUT2D eigenvalue weighted by Crippen LogP contribution is 2.34. The molecule has 4 aromatic carbocycles. The van der Waals surface area contributed by atoms with E-state index in [0.717, 1.165) is 16.7 Å². The Kier molecular flexibility index (Phi) is 16.4. The van der Waals surface area contributed by atoms with E-state index >= 15 is 0 Å². The number of anilines is 2.